The molecule has 0 bridgehead atoms. The Bertz CT molecular complexity index is 1080. The lowest BCUT2D eigenvalue weighted by atomic mass is 10.1. The second kappa shape index (κ2) is 5.74. The van der Waals surface area contributed by atoms with Crippen molar-refractivity contribution in [3.8, 4) is 17.1 Å². The molecule has 4 heteroatoms. The molecule has 0 N–H and O–H groups in total. The molecule has 0 aliphatic heterocycles. The number of pyridine rings is 1. The maximum atomic E-state index is 13.1. The quantitative estimate of drug-likeness (QED) is 0.566. The van der Waals surface area contributed by atoms with Crippen molar-refractivity contribution in [1.29, 1.82) is 0 Å². The van der Waals surface area contributed by atoms with Gasteiger partial charge in [0.2, 0.25) is 0 Å². The summed E-state index contributed by atoms with van der Waals surface area (Å²) < 4.78 is 1.66. The number of hydrogen-bond acceptors (Lipinski definition) is 3. The van der Waals surface area contributed by atoms with Crippen molar-refractivity contribution < 1.29 is 0 Å². The monoisotopic (exact) mass is 313 g/mol. The van der Waals surface area contributed by atoms with Crippen LogP contribution in [0.15, 0.2) is 77.9 Å². The van der Waals surface area contributed by atoms with E-state index < -0.39 is 0 Å². The molecule has 24 heavy (non-hydrogen) atoms. The summed E-state index contributed by atoms with van der Waals surface area (Å²) in [7, 11) is 0. The predicted molar refractivity (Wildman–Crippen MR) is 95.3 cm³/mol. The molecule has 4 aromatic rings. The van der Waals surface area contributed by atoms with Crippen LogP contribution in [0.3, 0.4) is 0 Å². The summed E-state index contributed by atoms with van der Waals surface area (Å²) >= 11 is 0. The van der Waals surface area contributed by atoms with Crippen LogP contribution in [0.1, 0.15) is 5.56 Å². The molecule has 4 rings (SSSR count). The van der Waals surface area contributed by atoms with E-state index in [-0.39, 0.29) is 5.56 Å². The Labute approximate surface area is 139 Å². The van der Waals surface area contributed by atoms with Crippen molar-refractivity contribution >= 4 is 10.9 Å². The molecule has 0 spiro atoms. The minimum atomic E-state index is -0.0787. The highest BCUT2D eigenvalue weighted by Gasteiger charge is 2.14. The first-order chi connectivity index (χ1) is 11.7. The van der Waals surface area contributed by atoms with E-state index in [1.165, 1.54) is 0 Å². The average molecular weight is 313 g/mol. The van der Waals surface area contributed by atoms with Crippen LogP contribution in [0.25, 0.3) is 28.0 Å². The largest absolute Gasteiger partial charge is 0.268 e. The molecule has 0 unspecified atom stereocenters. The van der Waals surface area contributed by atoms with Crippen molar-refractivity contribution in [2.24, 2.45) is 0 Å². The van der Waals surface area contributed by atoms with Crippen molar-refractivity contribution in [2.75, 3.05) is 0 Å². The van der Waals surface area contributed by atoms with Crippen molar-refractivity contribution in [1.82, 2.24) is 14.5 Å². The van der Waals surface area contributed by atoms with Crippen LogP contribution in [0.2, 0.25) is 0 Å². The highest BCUT2D eigenvalue weighted by atomic mass is 16.1. The normalized spacial score (nSPS) is 10.9. The van der Waals surface area contributed by atoms with E-state index in [1.807, 2.05) is 67.6 Å². The SMILES string of the molecule is Cc1cccc(-n2c(-c3cccnc3)nc3ccccc3c2=O)c1. The zero-order valence-corrected chi connectivity index (χ0v) is 13.2. The summed E-state index contributed by atoms with van der Waals surface area (Å²) in [6.07, 6.45) is 3.43. The standard InChI is InChI=1S/C20H15N3O/c1-14-6-4-8-16(12-14)23-19(15-7-5-11-21-13-15)22-18-10-3-2-9-17(18)20(23)24/h2-13H,1H3. The van der Waals surface area contributed by atoms with Crippen LogP contribution in [0.5, 0.6) is 0 Å². The molecule has 0 amide bonds. The summed E-state index contributed by atoms with van der Waals surface area (Å²) in [5.74, 6) is 0.595. The van der Waals surface area contributed by atoms with E-state index >= 15 is 0 Å². The summed E-state index contributed by atoms with van der Waals surface area (Å²) in [5, 5.41) is 0.603. The Balaban J connectivity index is 2.13. The maximum Gasteiger partial charge on any atom is 0.266 e. The molecule has 0 fully saturated rings. The highest BCUT2D eigenvalue weighted by molar-refractivity contribution is 5.80. The number of hydrogen-bond donors (Lipinski definition) is 0. The molecule has 2 aromatic carbocycles. The van der Waals surface area contributed by atoms with Crippen molar-refractivity contribution in [3.05, 3.63) is 89.0 Å². The first kappa shape index (κ1) is 14.3. The number of fused-ring (bicyclic) bond motifs is 1. The van der Waals surface area contributed by atoms with Gasteiger partial charge in [0.1, 0.15) is 5.82 Å². The summed E-state index contributed by atoms with van der Waals surface area (Å²) in [5.41, 5.74) is 3.30. The van der Waals surface area contributed by atoms with E-state index in [9.17, 15) is 4.79 Å². The molecular weight excluding hydrogens is 298 g/mol. The Kier molecular flexibility index (Phi) is 3.43. The molecule has 2 aromatic heterocycles. The molecule has 116 valence electrons. The zero-order chi connectivity index (χ0) is 16.5. The average Bonchev–Trinajstić information content (AvgIpc) is 2.62. The maximum absolute atomic E-state index is 13.1. The van der Waals surface area contributed by atoms with Crippen LogP contribution in [-0.2, 0) is 0 Å². The Hall–Kier alpha value is -3.27. The molecule has 4 nitrogen and oxygen atoms in total. The first-order valence-electron chi connectivity index (χ1n) is 7.73. The Morgan fingerprint density at radius 1 is 0.958 bits per heavy atom. The van der Waals surface area contributed by atoms with Gasteiger partial charge in [0.15, 0.2) is 0 Å². The number of rotatable bonds is 2. The second-order valence-electron chi connectivity index (χ2n) is 5.67. The van der Waals surface area contributed by atoms with Gasteiger partial charge in [-0.25, -0.2) is 4.98 Å². The van der Waals surface area contributed by atoms with Gasteiger partial charge in [-0.15, -0.1) is 0 Å². The van der Waals surface area contributed by atoms with E-state index in [2.05, 4.69) is 4.98 Å². The Morgan fingerprint density at radius 3 is 2.62 bits per heavy atom. The van der Waals surface area contributed by atoms with Crippen molar-refractivity contribution in [2.45, 2.75) is 6.92 Å². The van der Waals surface area contributed by atoms with Crippen LogP contribution in [0, 0.1) is 6.92 Å². The lowest BCUT2D eigenvalue weighted by Crippen LogP contribution is -2.22. The van der Waals surface area contributed by atoms with Gasteiger partial charge in [0, 0.05) is 18.0 Å². The number of nitrogens with zero attached hydrogens (tertiary/aromatic N) is 3. The van der Waals surface area contributed by atoms with Crippen LogP contribution in [-0.4, -0.2) is 14.5 Å². The lowest BCUT2D eigenvalue weighted by Gasteiger charge is -2.14. The molecular formula is C20H15N3O. The molecule has 0 atom stereocenters. The number of para-hydroxylation sites is 1. The van der Waals surface area contributed by atoms with Gasteiger partial charge in [-0.2, -0.15) is 0 Å². The Morgan fingerprint density at radius 2 is 1.83 bits per heavy atom. The van der Waals surface area contributed by atoms with Gasteiger partial charge in [-0.3, -0.25) is 14.3 Å². The fourth-order valence-electron chi connectivity index (χ4n) is 2.83. The fourth-order valence-corrected chi connectivity index (χ4v) is 2.83. The molecule has 0 saturated heterocycles. The minimum absolute atomic E-state index is 0.0787. The van der Waals surface area contributed by atoms with E-state index in [0.29, 0.717) is 16.7 Å². The first-order valence-corrected chi connectivity index (χ1v) is 7.73. The third kappa shape index (κ3) is 2.38. The third-order valence-electron chi connectivity index (χ3n) is 3.96. The number of benzene rings is 2. The topological polar surface area (TPSA) is 47.8 Å². The van der Waals surface area contributed by atoms with Gasteiger partial charge < -0.3 is 0 Å². The minimum Gasteiger partial charge on any atom is -0.268 e. The molecule has 0 aliphatic carbocycles. The lowest BCUT2D eigenvalue weighted by molar-refractivity contribution is 0.971. The van der Waals surface area contributed by atoms with Gasteiger partial charge in [-0.05, 0) is 48.9 Å². The van der Waals surface area contributed by atoms with Crippen molar-refractivity contribution in [3.63, 3.8) is 0 Å². The van der Waals surface area contributed by atoms with Gasteiger partial charge in [-0.1, -0.05) is 24.3 Å². The van der Waals surface area contributed by atoms with E-state index in [4.69, 9.17) is 4.98 Å². The number of aryl methyl sites for hydroxylation is 1. The van der Waals surface area contributed by atoms with Gasteiger partial charge in [0.05, 0.1) is 16.6 Å². The van der Waals surface area contributed by atoms with Crippen LogP contribution >= 0.6 is 0 Å². The highest BCUT2D eigenvalue weighted by Crippen LogP contribution is 2.21. The zero-order valence-electron chi connectivity index (χ0n) is 13.2. The van der Waals surface area contributed by atoms with E-state index in [0.717, 1.165) is 16.8 Å². The number of aromatic nitrogens is 3. The van der Waals surface area contributed by atoms with Crippen LogP contribution < -0.4 is 5.56 Å². The smallest absolute Gasteiger partial charge is 0.266 e. The molecule has 0 radical (unpaired) electrons. The van der Waals surface area contributed by atoms with Gasteiger partial charge >= 0.3 is 0 Å². The molecule has 0 aliphatic rings. The molecule has 2 heterocycles. The summed E-state index contributed by atoms with van der Waals surface area (Å²) in [6.45, 7) is 2.01. The van der Waals surface area contributed by atoms with Gasteiger partial charge in [0.25, 0.3) is 5.56 Å². The predicted octanol–water partition coefficient (Wildman–Crippen LogP) is 3.76. The van der Waals surface area contributed by atoms with E-state index in [1.54, 1.807) is 17.0 Å². The second-order valence-corrected chi connectivity index (χ2v) is 5.67. The summed E-state index contributed by atoms with van der Waals surface area (Å²) in [6, 6.07) is 19.0. The fraction of sp³-hybridized carbons (Fsp3) is 0.0500. The third-order valence-corrected chi connectivity index (χ3v) is 3.96. The van der Waals surface area contributed by atoms with Crippen LogP contribution in [0.4, 0.5) is 0 Å². The summed E-state index contributed by atoms with van der Waals surface area (Å²) in [4.78, 5) is 22.0. The molecule has 0 saturated carbocycles.